The minimum atomic E-state index is -0.413. The number of aryl methyl sites for hydroxylation is 1. The maximum Gasteiger partial charge on any atom is 0.332 e. The van der Waals surface area contributed by atoms with Gasteiger partial charge in [-0.25, -0.2) is 14.5 Å². The summed E-state index contributed by atoms with van der Waals surface area (Å²) in [6.45, 7) is 7.05. The van der Waals surface area contributed by atoms with Crippen LogP contribution in [0.2, 0.25) is 0 Å². The van der Waals surface area contributed by atoms with Gasteiger partial charge < -0.3 is 14.4 Å². The van der Waals surface area contributed by atoms with E-state index in [4.69, 9.17) is 9.47 Å². The number of hydrogen-bond acceptors (Lipinski definition) is 6. The molecule has 1 aromatic carbocycles. The summed E-state index contributed by atoms with van der Waals surface area (Å²) in [4.78, 5) is 17.9. The van der Waals surface area contributed by atoms with E-state index in [0.717, 1.165) is 23.4 Å². The number of ether oxygens (including phenoxy) is 2. The van der Waals surface area contributed by atoms with Crippen molar-refractivity contribution in [2.75, 3.05) is 27.2 Å². The third-order valence-corrected chi connectivity index (χ3v) is 3.34. The molecule has 0 aliphatic rings. The topological polar surface area (TPSA) is 69.5 Å². The van der Waals surface area contributed by atoms with E-state index >= 15 is 0 Å². The maximum atomic E-state index is 11.6. The fourth-order valence-corrected chi connectivity index (χ4v) is 2.19. The van der Waals surface area contributed by atoms with Gasteiger partial charge in [0.15, 0.2) is 5.82 Å². The molecule has 26 heavy (non-hydrogen) atoms. The van der Waals surface area contributed by atoms with Crippen LogP contribution >= 0.6 is 0 Å². The summed E-state index contributed by atoms with van der Waals surface area (Å²) >= 11 is 0. The van der Waals surface area contributed by atoms with E-state index in [2.05, 4.69) is 15.0 Å². The van der Waals surface area contributed by atoms with E-state index < -0.39 is 5.97 Å². The molecular weight excluding hydrogens is 332 g/mol. The van der Waals surface area contributed by atoms with E-state index in [-0.39, 0.29) is 6.10 Å². The Morgan fingerprint density at radius 3 is 2.77 bits per heavy atom. The molecule has 0 unspecified atom stereocenters. The lowest BCUT2D eigenvalue weighted by Crippen LogP contribution is -2.19. The number of likely N-dealkylation sites (N-methyl/N-ethyl adjacent to an activating group) is 1. The van der Waals surface area contributed by atoms with Crippen LogP contribution in [0.1, 0.15) is 19.4 Å². The molecule has 0 radical (unpaired) electrons. The Balaban J connectivity index is 2.09. The van der Waals surface area contributed by atoms with E-state index in [1.54, 1.807) is 20.2 Å². The van der Waals surface area contributed by atoms with Gasteiger partial charge in [0.1, 0.15) is 18.7 Å². The van der Waals surface area contributed by atoms with Crippen LogP contribution in [-0.4, -0.2) is 59.0 Å². The van der Waals surface area contributed by atoms with Crippen LogP contribution in [0.25, 0.3) is 17.6 Å². The average molecular weight is 358 g/mol. The molecule has 0 saturated carbocycles. The van der Waals surface area contributed by atoms with E-state index in [9.17, 15) is 4.79 Å². The predicted octanol–water partition coefficient (Wildman–Crippen LogP) is 2.62. The van der Waals surface area contributed by atoms with Crippen LogP contribution in [0.4, 0.5) is 0 Å². The van der Waals surface area contributed by atoms with Gasteiger partial charge in [-0.05, 0) is 58.6 Å². The van der Waals surface area contributed by atoms with Crippen molar-refractivity contribution in [3.63, 3.8) is 0 Å². The summed E-state index contributed by atoms with van der Waals surface area (Å²) in [7, 11) is 4.01. The fourth-order valence-electron chi connectivity index (χ4n) is 2.19. The van der Waals surface area contributed by atoms with Crippen molar-refractivity contribution in [1.82, 2.24) is 19.7 Å². The van der Waals surface area contributed by atoms with E-state index in [1.807, 2.05) is 39.2 Å². The Morgan fingerprint density at radius 1 is 1.31 bits per heavy atom. The molecule has 7 heteroatoms. The second-order valence-corrected chi connectivity index (χ2v) is 6.54. The third-order valence-electron chi connectivity index (χ3n) is 3.34. The molecule has 0 spiro atoms. The monoisotopic (exact) mass is 358 g/mol. The molecule has 0 saturated heterocycles. The SMILES string of the molecule is Cc1cc(OCCN(C)C)cc(-c2ncn(/C=C\C(=O)OC(C)C)n2)c1. The molecule has 0 fully saturated rings. The van der Waals surface area contributed by atoms with Crippen LogP contribution in [0, 0.1) is 6.92 Å². The molecule has 2 rings (SSSR count). The van der Waals surface area contributed by atoms with Gasteiger partial charge in [-0.2, -0.15) is 0 Å². The fraction of sp³-hybridized carbons (Fsp3) is 0.421. The number of esters is 1. The Hall–Kier alpha value is -2.67. The Labute approximate surface area is 154 Å². The summed E-state index contributed by atoms with van der Waals surface area (Å²) in [5.41, 5.74) is 1.93. The smallest absolute Gasteiger partial charge is 0.332 e. The summed E-state index contributed by atoms with van der Waals surface area (Å²) in [6.07, 6.45) is 4.23. The van der Waals surface area contributed by atoms with Gasteiger partial charge in [0, 0.05) is 24.4 Å². The lowest BCUT2D eigenvalue weighted by atomic mass is 10.1. The minimum absolute atomic E-state index is 0.156. The van der Waals surface area contributed by atoms with Gasteiger partial charge >= 0.3 is 5.97 Å². The van der Waals surface area contributed by atoms with Crippen molar-refractivity contribution < 1.29 is 14.3 Å². The first kappa shape index (κ1) is 19.7. The van der Waals surface area contributed by atoms with Gasteiger partial charge in [-0.15, -0.1) is 5.10 Å². The van der Waals surface area contributed by atoms with Crippen molar-refractivity contribution in [2.45, 2.75) is 26.9 Å². The lowest BCUT2D eigenvalue weighted by molar-refractivity contribution is -0.141. The van der Waals surface area contributed by atoms with Crippen LogP contribution in [0.3, 0.4) is 0 Å². The highest BCUT2D eigenvalue weighted by molar-refractivity contribution is 5.85. The Morgan fingerprint density at radius 2 is 2.08 bits per heavy atom. The predicted molar refractivity (Wildman–Crippen MR) is 101 cm³/mol. The van der Waals surface area contributed by atoms with Gasteiger partial charge in [0.25, 0.3) is 0 Å². The summed E-state index contributed by atoms with van der Waals surface area (Å²) in [5, 5.41) is 4.37. The minimum Gasteiger partial charge on any atom is -0.492 e. The van der Waals surface area contributed by atoms with Crippen molar-refractivity contribution in [2.24, 2.45) is 0 Å². The zero-order valence-electron chi connectivity index (χ0n) is 16.0. The van der Waals surface area contributed by atoms with Crippen molar-refractivity contribution in [3.8, 4) is 17.1 Å². The van der Waals surface area contributed by atoms with Crippen LogP contribution < -0.4 is 4.74 Å². The molecular formula is C19H26N4O3. The molecule has 0 aliphatic heterocycles. The van der Waals surface area contributed by atoms with Gasteiger partial charge in [-0.1, -0.05) is 0 Å². The Kier molecular flexibility index (Phi) is 6.91. The highest BCUT2D eigenvalue weighted by Gasteiger charge is 2.07. The largest absolute Gasteiger partial charge is 0.492 e. The van der Waals surface area contributed by atoms with E-state index in [0.29, 0.717) is 12.4 Å². The molecule has 2 aromatic rings. The first-order valence-electron chi connectivity index (χ1n) is 8.53. The molecule has 0 aliphatic carbocycles. The van der Waals surface area contributed by atoms with Crippen LogP contribution in [0.5, 0.6) is 5.75 Å². The number of carbonyl (C=O) groups excluding carboxylic acids is 1. The van der Waals surface area contributed by atoms with Gasteiger partial charge in [-0.3, -0.25) is 0 Å². The average Bonchev–Trinajstić information content (AvgIpc) is 3.00. The third kappa shape index (κ3) is 6.33. The van der Waals surface area contributed by atoms with Crippen molar-refractivity contribution in [3.05, 3.63) is 36.2 Å². The van der Waals surface area contributed by atoms with Crippen LogP contribution in [0.15, 0.2) is 30.6 Å². The molecule has 140 valence electrons. The number of rotatable bonds is 8. The maximum absolute atomic E-state index is 11.6. The van der Waals surface area contributed by atoms with Gasteiger partial charge in [0.2, 0.25) is 0 Å². The molecule has 1 heterocycles. The highest BCUT2D eigenvalue weighted by Crippen LogP contribution is 2.23. The summed E-state index contributed by atoms with van der Waals surface area (Å²) in [5.74, 6) is 0.937. The zero-order chi connectivity index (χ0) is 19.1. The van der Waals surface area contributed by atoms with E-state index in [1.165, 1.54) is 17.0 Å². The molecule has 1 aromatic heterocycles. The van der Waals surface area contributed by atoms with Gasteiger partial charge in [0.05, 0.1) is 6.10 Å². The normalized spacial score (nSPS) is 11.5. The molecule has 0 bridgehead atoms. The molecule has 0 atom stereocenters. The standard InChI is InChI=1S/C19H26N4O3/c1-14(2)26-18(24)6-7-23-13-20-19(21-23)16-10-15(3)11-17(12-16)25-9-8-22(4)5/h6-7,10-14H,8-9H2,1-5H3/b7-6-. The summed E-state index contributed by atoms with van der Waals surface area (Å²) in [6, 6.07) is 5.90. The first-order chi connectivity index (χ1) is 12.3. The number of carbonyl (C=O) groups is 1. The van der Waals surface area contributed by atoms with Crippen molar-refractivity contribution >= 4 is 12.2 Å². The van der Waals surface area contributed by atoms with Crippen LogP contribution in [-0.2, 0) is 9.53 Å². The number of nitrogens with zero attached hydrogens (tertiary/aromatic N) is 4. The van der Waals surface area contributed by atoms with Crippen molar-refractivity contribution in [1.29, 1.82) is 0 Å². The number of benzene rings is 1. The second kappa shape index (κ2) is 9.15. The number of hydrogen-bond donors (Lipinski definition) is 0. The zero-order valence-corrected chi connectivity index (χ0v) is 16.0. The second-order valence-electron chi connectivity index (χ2n) is 6.54. The summed E-state index contributed by atoms with van der Waals surface area (Å²) < 4.78 is 12.3. The number of aromatic nitrogens is 3. The molecule has 7 nitrogen and oxygen atoms in total. The quantitative estimate of drug-likeness (QED) is 0.534. The molecule has 0 N–H and O–H groups in total. The lowest BCUT2D eigenvalue weighted by Gasteiger charge is -2.12. The molecule has 0 amide bonds. The Bertz CT molecular complexity index is 766. The highest BCUT2D eigenvalue weighted by atomic mass is 16.5. The first-order valence-corrected chi connectivity index (χ1v) is 8.53.